The summed E-state index contributed by atoms with van der Waals surface area (Å²) in [6.45, 7) is 3.31. The molecule has 2 rings (SSSR count). The second-order valence-electron chi connectivity index (χ2n) is 4.22. The molecule has 0 radical (unpaired) electrons. The monoisotopic (exact) mass is 198 g/mol. The standard InChI is InChI=1S/C9H15FN4/c1-9(2,10)8-13-12-7(5-11)14(8)6-3-4-6/h6H,3-5,11H2,1-2H3. The third-order valence-corrected chi connectivity index (χ3v) is 2.39. The van der Waals surface area contributed by atoms with Crippen molar-refractivity contribution in [1.29, 1.82) is 0 Å². The summed E-state index contributed by atoms with van der Waals surface area (Å²) >= 11 is 0. The van der Waals surface area contributed by atoms with Crippen molar-refractivity contribution in [1.82, 2.24) is 14.8 Å². The first-order chi connectivity index (χ1) is 6.54. The number of rotatable bonds is 3. The van der Waals surface area contributed by atoms with Gasteiger partial charge in [-0.2, -0.15) is 0 Å². The molecule has 4 nitrogen and oxygen atoms in total. The number of nitrogens with zero attached hydrogens (tertiary/aromatic N) is 3. The van der Waals surface area contributed by atoms with E-state index in [4.69, 9.17) is 5.73 Å². The number of hydrogen-bond acceptors (Lipinski definition) is 3. The molecule has 78 valence electrons. The number of alkyl halides is 1. The van der Waals surface area contributed by atoms with Gasteiger partial charge >= 0.3 is 0 Å². The van der Waals surface area contributed by atoms with Gasteiger partial charge in [-0.05, 0) is 26.7 Å². The summed E-state index contributed by atoms with van der Waals surface area (Å²) in [5.74, 6) is 1.09. The molecule has 0 unspecified atom stereocenters. The van der Waals surface area contributed by atoms with Crippen LogP contribution in [0.25, 0.3) is 0 Å². The lowest BCUT2D eigenvalue weighted by atomic mass is 10.1. The van der Waals surface area contributed by atoms with Gasteiger partial charge < -0.3 is 10.3 Å². The maximum atomic E-state index is 13.8. The maximum absolute atomic E-state index is 13.8. The van der Waals surface area contributed by atoms with Crippen molar-refractivity contribution in [3.63, 3.8) is 0 Å². The van der Waals surface area contributed by atoms with E-state index < -0.39 is 5.67 Å². The van der Waals surface area contributed by atoms with E-state index in [1.807, 2.05) is 4.57 Å². The van der Waals surface area contributed by atoms with Crippen LogP contribution in [-0.2, 0) is 12.2 Å². The van der Waals surface area contributed by atoms with Crippen molar-refractivity contribution in [2.24, 2.45) is 5.73 Å². The van der Waals surface area contributed by atoms with Crippen LogP contribution in [0.4, 0.5) is 4.39 Å². The molecule has 14 heavy (non-hydrogen) atoms. The van der Waals surface area contributed by atoms with E-state index in [1.54, 1.807) is 0 Å². The first-order valence-electron chi connectivity index (χ1n) is 4.87. The molecule has 0 aromatic carbocycles. The van der Waals surface area contributed by atoms with Crippen LogP contribution in [0.1, 0.15) is 44.4 Å². The molecule has 1 saturated carbocycles. The number of hydrogen-bond donors (Lipinski definition) is 1. The molecule has 1 aromatic rings. The molecule has 0 saturated heterocycles. The highest BCUT2D eigenvalue weighted by atomic mass is 19.1. The summed E-state index contributed by atoms with van der Waals surface area (Å²) in [4.78, 5) is 0. The summed E-state index contributed by atoms with van der Waals surface area (Å²) in [6, 6.07) is 0.369. The third-order valence-electron chi connectivity index (χ3n) is 2.39. The van der Waals surface area contributed by atoms with Crippen LogP contribution >= 0.6 is 0 Å². The zero-order valence-corrected chi connectivity index (χ0v) is 8.50. The first kappa shape index (κ1) is 9.58. The van der Waals surface area contributed by atoms with Crippen LogP contribution in [0.5, 0.6) is 0 Å². The molecule has 1 aromatic heterocycles. The molecule has 0 aliphatic heterocycles. The lowest BCUT2D eigenvalue weighted by molar-refractivity contribution is 0.198. The van der Waals surface area contributed by atoms with E-state index in [2.05, 4.69) is 10.2 Å². The van der Waals surface area contributed by atoms with Gasteiger partial charge in [0.05, 0.1) is 6.54 Å². The topological polar surface area (TPSA) is 56.7 Å². The SMILES string of the molecule is CC(C)(F)c1nnc(CN)n1C1CC1. The van der Waals surface area contributed by atoms with Gasteiger partial charge in [0.25, 0.3) is 0 Å². The molecule has 0 atom stereocenters. The third kappa shape index (κ3) is 1.52. The Kier molecular flexibility index (Phi) is 2.06. The predicted molar refractivity (Wildman–Crippen MR) is 50.3 cm³/mol. The second-order valence-corrected chi connectivity index (χ2v) is 4.22. The van der Waals surface area contributed by atoms with Gasteiger partial charge in [0.2, 0.25) is 0 Å². The van der Waals surface area contributed by atoms with Crippen LogP contribution < -0.4 is 5.73 Å². The highest BCUT2D eigenvalue weighted by molar-refractivity contribution is 5.08. The van der Waals surface area contributed by atoms with Crippen LogP contribution in [0.3, 0.4) is 0 Å². The molecule has 1 heterocycles. The fourth-order valence-corrected chi connectivity index (χ4v) is 1.58. The summed E-state index contributed by atoms with van der Waals surface area (Å²) in [5, 5.41) is 7.79. The molecule has 0 bridgehead atoms. The Bertz CT molecular complexity index is 335. The lowest BCUT2D eigenvalue weighted by Crippen LogP contribution is -2.19. The van der Waals surface area contributed by atoms with E-state index >= 15 is 0 Å². The van der Waals surface area contributed by atoms with Gasteiger partial charge in [-0.25, -0.2) is 4.39 Å². The number of nitrogens with two attached hydrogens (primary N) is 1. The van der Waals surface area contributed by atoms with Gasteiger partial charge in [0.15, 0.2) is 11.5 Å². The molecular weight excluding hydrogens is 183 g/mol. The van der Waals surface area contributed by atoms with Gasteiger partial charge in [-0.3, -0.25) is 0 Å². The van der Waals surface area contributed by atoms with E-state index in [9.17, 15) is 4.39 Å². The molecule has 0 amide bonds. The van der Waals surface area contributed by atoms with Crippen molar-refractivity contribution < 1.29 is 4.39 Å². The Morgan fingerprint density at radius 1 is 1.50 bits per heavy atom. The summed E-state index contributed by atoms with van der Waals surface area (Å²) in [7, 11) is 0. The zero-order valence-electron chi connectivity index (χ0n) is 8.50. The van der Waals surface area contributed by atoms with Gasteiger partial charge in [-0.15, -0.1) is 10.2 Å². The molecule has 5 heteroatoms. The van der Waals surface area contributed by atoms with Gasteiger partial charge in [0.1, 0.15) is 5.82 Å². The Morgan fingerprint density at radius 3 is 2.57 bits per heavy atom. The van der Waals surface area contributed by atoms with Crippen molar-refractivity contribution in [3.05, 3.63) is 11.6 Å². The number of aromatic nitrogens is 3. The van der Waals surface area contributed by atoms with Crippen LogP contribution in [0, 0.1) is 0 Å². The average Bonchev–Trinajstić information content (AvgIpc) is 2.82. The van der Waals surface area contributed by atoms with Crippen LogP contribution in [-0.4, -0.2) is 14.8 Å². The van der Waals surface area contributed by atoms with Crippen LogP contribution in [0.15, 0.2) is 0 Å². The molecule has 2 N–H and O–H groups in total. The fraction of sp³-hybridized carbons (Fsp3) is 0.778. The minimum Gasteiger partial charge on any atom is -0.324 e. The Hall–Kier alpha value is -0.970. The highest BCUT2D eigenvalue weighted by Crippen LogP contribution is 2.39. The summed E-state index contributed by atoms with van der Waals surface area (Å²) < 4.78 is 15.6. The van der Waals surface area contributed by atoms with E-state index in [1.165, 1.54) is 13.8 Å². The van der Waals surface area contributed by atoms with Crippen molar-refractivity contribution >= 4 is 0 Å². The fourth-order valence-electron chi connectivity index (χ4n) is 1.58. The van der Waals surface area contributed by atoms with Crippen molar-refractivity contribution in [2.45, 2.75) is 44.9 Å². The Balaban J connectivity index is 2.44. The number of halogens is 1. The maximum Gasteiger partial charge on any atom is 0.170 e. The molecule has 1 aliphatic carbocycles. The second kappa shape index (κ2) is 3.02. The molecular formula is C9H15FN4. The summed E-state index contributed by atoms with van der Waals surface area (Å²) in [5.41, 5.74) is 4.09. The Morgan fingerprint density at radius 2 is 2.14 bits per heavy atom. The average molecular weight is 198 g/mol. The van der Waals surface area contributed by atoms with Crippen LogP contribution in [0.2, 0.25) is 0 Å². The zero-order chi connectivity index (χ0) is 10.3. The smallest absolute Gasteiger partial charge is 0.170 e. The largest absolute Gasteiger partial charge is 0.324 e. The normalized spacial score (nSPS) is 17.4. The lowest BCUT2D eigenvalue weighted by Gasteiger charge is -2.15. The summed E-state index contributed by atoms with van der Waals surface area (Å²) in [6.07, 6.45) is 2.15. The van der Waals surface area contributed by atoms with E-state index in [0.717, 1.165) is 12.8 Å². The van der Waals surface area contributed by atoms with Crippen molar-refractivity contribution in [3.8, 4) is 0 Å². The highest BCUT2D eigenvalue weighted by Gasteiger charge is 2.35. The minimum atomic E-state index is -1.44. The van der Waals surface area contributed by atoms with E-state index in [-0.39, 0.29) is 0 Å². The first-order valence-corrected chi connectivity index (χ1v) is 4.87. The van der Waals surface area contributed by atoms with Gasteiger partial charge in [-0.1, -0.05) is 0 Å². The molecule has 1 fully saturated rings. The Labute approximate surface area is 82.3 Å². The van der Waals surface area contributed by atoms with Crippen molar-refractivity contribution in [2.75, 3.05) is 0 Å². The molecule has 1 aliphatic rings. The quantitative estimate of drug-likeness (QED) is 0.795. The molecule has 0 spiro atoms. The predicted octanol–water partition coefficient (Wildman–Crippen LogP) is 1.28. The van der Waals surface area contributed by atoms with Gasteiger partial charge in [0, 0.05) is 6.04 Å². The van der Waals surface area contributed by atoms with E-state index in [0.29, 0.717) is 24.2 Å². The minimum absolute atomic E-state index is 0.319.